The number of aromatic hydroxyl groups is 1. The van der Waals surface area contributed by atoms with Crippen molar-refractivity contribution in [3.63, 3.8) is 0 Å². The van der Waals surface area contributed by atoms with Gasteiger partial charge in [0.1, 0.15) is 11.6 Å². The standard InChI is InChI=1S/C8H10N2O2/c1-5(11)7-3-6(12)4-10-8(7)9-2/h3-4,12H,1-2H3,(H,9,10). The smallest absolute Gasteiger partial charge is 0.163 e. The Morgan fingerprint density at radius 2 is 2.33 bits per heavy atom. The highest BCUT2D eigenvalue weighted by atomic mass is 16.3. The fourth-order valence-corrected chi connectivity index (χ4v) is 0.921. The second kappa shape index (κ2) is 3.21. The van der Waals surface area contributed by atoms with Gasteiger partial charge in [0, 0.05) is 7.05 Å². The van der Waals surface area contributed by atoms with Crippen molar-refractivity contribution >= 4 is 11.6 Å². The molecule has 0 saturated carbocycles. The molecule has 1 aromatic rings. The first kappa shape index (κ1) is 8.52. The molecule has 0 aliphatic carbocycles. The van der Waals surface area contributed by atoms with Crippen LogP contribution >= 0.6 is 0 Å². The van der Waals surface area contributed by atoms with Gasteiger partial charge in [0.2, 0.25) is 0 Å². The van der Waals surface area contributed by atoms with Crippen LogP contribution in [-0.2, 0) is 0 Å². The van der Waals surface area contributed by atoms with Gasteiger partial charge in [-0.05, 0) is 13.0 Å². The lowest BCUT2D eigenvalue weighted by Crippen LogP contribution is -2.01. The molecule has 1 aromatic heterocycles. The molecule has 2 N–H and O–H groups in total. The van der Waals surface area contributed by atoms with E-state index in [2.05, 4.69) is 10.3 Å². The number of nitrogens with one attached hydrogen (secondary N) is 1. The van der Waals surface area contributed by atoms with Gasteiger partial charge in [-0.3, -0.25) is 4.79 Å². The molecule has 1 rings (SSSR count). The number of Topliss-reactive ketones (excluding diaryl/α,β-unsaturated/α-hetero) is 1. The van der Waals surface area contributed by atoms with Crippen molar-refractivity contribution in [2.24, 2.45) is 0 Å². The molecule has 12 heavy (non-hydrogen) atoms. The van der Waals surface area contributed by atoms with Crippen LogP contribution in [0.1, 0.15) is 17.3 Å². The molecular formula is C8H10N2O2. The van der Waals surface area contributed by atoms with E-state index in [9.17, 15) is 4.79 Å². The number of rotatable bonds is 2. The van der Waals surface area contributed by atoms with E-state index in [-0.39, 0.29) is 11.5 Å². The highest BCUT2D eigenvalue weighted by Gasteiger charge is 2.07. The number of pyridine rings is 1. The Morgan fingerprint density at radius 3 is 2.83 bits per heavy atom. The molecule has 64 valence electrons. The van der Waals surface area contributed by atoms with E-state index in [1.165, 1.54) is 19.2 Å². The maximum absolute atomic E-state index is 11.0. The summed E-state index contributed by atoms with van der Waals surface area (Å²) in [6.07, 6.45) is 1.29. The van der Waals surface area contributed by atoms with Crippen molar-refractivity contribution in [2.45, 2.75) is 6.92 Å². The number of carbonyl (C=O) groups is 1. The van der Waals surface area contributed by atoms with E-state index in [4.69, 9.17) is 5.11 Å². The zero-order chi connectivity index (χ0) is 9.14. The lowest BCUT2D eigenvalue weighted by molar-refractivity contribution is 0.101. The van der Waals surface area contributed by atoms with Gasteiger partial charge in [-0.25, -0.2) is 4.98 Å². The third-order valence-corrected chi connectivity index (χ3v) is 1.49. The van der Waals surface area contributed by atoms with Crippen LogP contribution < -0.4 is 5.32 Å². The fraction of sp³-hybridized carbons (Fsp3) is 0.250. The fourth-order valence-electron chi connectivity index (χ4n) is 0.921. The Bertz CT molecular complexity index is 310. The summed E-state index contributed by atoms with van der Waals surface area (Å²) in [7, 11) is 1.67. The van der Waals surface area contributed by atoms with E-state index in [1.807, 2.05) is 0 Å². The van der Waals surface area contributed by atoms with Gasteiger partial charge in [-0.2, -0.15) is 0 Å². The predicted octanol–water partition coefficient (Wildman–Crippen LogP) is 1.03. The van der Waals surface area contributed by atoms with E-state index >= 15 is 0 Å². The SMILES string of the molecule is CNc1ncc(O)cc1C(C)=O. The maximum Gasteiger partial charge on any atom is 0.163 e. The average Bonchev–Trinajstić information content (AvgIpc) is 2.04. The van der Waals surface area contributed by atoms with Crippen LogP contribution in [0.5, 0.6) is 5.75 Å². The normalized spacial score (nSPS) is 9.50. The van der Waals surface area contributed by atoms with Crippen LogP contribution in [0.15, 0.2) is 12.3 Å². The van der Waals surface area contributed by atoms with Crippen LogP contribution in [0.4, 0.5) is 5.82 Å². The Morgan fingerprint density at radius 1 is 1.67 bits per heavy atom. The highest BCUT2D eigenvalue weighted by Crippen LogP contribution is 2.17. The summed E-state index contributed by atoms with van der Waals surface area (Å²) < 4.78 is 0. The van der Waals surface area contributed by atoms with Gasteiger partial charge in [0.25, 0.3) is 0 Å². The summed E-state index contributed by atoms with van der Waals surface area (Å²) in [5.74, 6) is 0.363. The van der Waals surface area contributed by atoms with Gasteiger partial charge in [-0.15, -0.1) is 0 Å². The predicted molar refractivity (Wildman–Crippen MR) is 45.5 cm³/mol. The number of carbonyl (C=O) groups excluding carboxylic acids is 1. The second-order valence-electron chi connectivity index (χ2n) is 2.40. The van der Waals surface area contributed by atoms with E-state index in [0.29, 0.717) is 11.4 Å². The van der Waals surface area contributed by atoms with Crippen molar-refractivity contribution < 1.29 is 9.90 Å². The molecule has 0 fully saturated rings. The minimum atomic E-state index is -0.122. The van der Waals surface area contributed by atoms with Crippen LogP contribution in [0, 0.1) is 0 Å². The van der Waals surface area contributed by atoms with Crippen LogP contribution in [0.2, 0.25) is 0 Å². The van der Waals surface area contributed by atoms with E-state index < -0.39 is 0 Å². The Balaban J connectivity index is 3.21. The zero-order valence-corrected chi connectivity index (χ0v) is 6.96. The molecule has 4 heteroatoms. The second-order valence-corrected chi connectivity index (χ2v) is 2.40. The Labute approximate surface area is 70.3 Å². The van der Waals surface area contributed by atoms with Gasteiger partial charge < -0.3 is 10.4 Å². The Hall–Kier alpha value is -1.58. The van der Waals surface area contributed by atoms with Crippen molar-refractivity contribution in [3.05, 3.63) is 17.8 Å². The minimum Gasteiger partial charge on any atom is -0.506 e. The molecule has 0 unspecified atom stereocenters. The largest absolute Gasteiger partial charge is 0.506 e. The molecule has 0 amide bonds. The molecule has 0 aromatic carbocycles. The van der Waals surface area contributed by atoms with Crippen LogP contribution in [0.3, 0.4) is 0 Å². The number of anilines is 1. The third kappa shape index (κ3) is 1.53. The van der Waals surface area contributed by atoms with Gasteiger partial charge in [0.05, 0.1) is 11.8 Å². The van der Waals surface area contributed by atoms with E-state index in [0.717, 1.165) is 0 Å². The first-order valence-corrected chi connectivity index (χ1v) is 3.53. The van der Waals surface area contributed by atoms with Crippen LogP contribution in [0.25, 0.3) is 0 Å². The first-order chi connectivity index (χ1) is 5.65. The van der Waals surface area contributed by atoms with Gasteiger partial charge in [-0.1, -0.05) is 0 Å². The molecule has 1 heterocycles. The zero-order valence-electron chi connectivity index (χ0n) is 6.96. The monoisotopic (exact) mass is 166 g/mol. The third-order valence-electron chi connectivity index (χ3n) is 1.49. The number of hydrogen-bond acceptors (Lipinski definition) is 4. The topological polar surface area (TPSA) is 62.2 Å². The summed E-state index contributed by atoms with van der Waals surface area (Å²) in [4.78, 5) is 14.8. The molecule has 0 atom stereocenters. The van der Waals surface area contributed by atoms with Crippen molar-refractivity contribution in [1.29, 1.82) is 0 Å². The summed E-state index contributed by atoms with van der Waals surface area (Å²) in [5, 5.41) is 11.8. The van der Waals surface area contributed by atoms with Crippen molar-refractivity contribution in [3.8, 4) is 5.75 Å². The van der Waals surface area contributed by atoms with Crippen molar-refractivity contribution in [1.82, 2.24) is 4.98 Å². The molecule has 0 aliphatic heterocycles. The molecule has 0 aliphatic rings. The molecule has 4 nitrogen and oxygen atoms in total. The summed E-state index contributed by atoms with van der Waals surface area (Å²) in [5.41, 5.74) is 0.400. The lowest BCUT2D eigenvalue weighted by atomic mass is 10.2. The molecule has 0 radical (unpaired) electrons. The quantitative estimate of drug-likeness (QED) is 0.644. The van der Waals surface area contributed by atoms with Crippen LogP contribution in [-0.4, -0.2) is 22.9 Å². The number of hydrogen-bond donors (Lipinski definition) is 2. The lowest BCUT2D eigenvalue weighted by Gasteiger charge is -2.04. The van der Waals surface area contributed by atoms with Gasteiger partial charge in [0.15, 0.2) is 5.78 Å². The molecular weight excluding hydrogens is 156 g/mol. The number of nitrogens with zero attached hydrogens (tertiary/aromatic N) is 1. The molecule has 0 saturated heterocycles. The Kier molecular flexibility index (Phi) is 2.28. The average molecular weight is 166 g/mol. The van der Waals surface area contributed by atoms with Gasteiger partial charge >= 0.3 is 0 Å². The minimum absolute atomic E-state index is 0.000741. The summed E-state index contributed by atoms with van der Waals surface area (Å²) in [6, 6.07) is 1.39. The molecule has 0 spiro atoms. The summed E-state index contributed by atoms with van der Waals surface area (Å²) in [6.45, 7) is 1.43. The van der Waals surface area contributed by atoms with Crippen molar-refractivity contribution in [2.75, 3.05) is 12.4 Å². The summed E-state index contributed by atoms with van der Waals surface area (Å²) >= 11 is 0. The number of ketones is 1. The number of aromatic nitrogens is 1. The highest BCUT2D eigenvalue weighted by molar-refractivity contribution is 5.98. The van der Waals surface area contributed by atoms with E-state index in [1.54, 1.807) is 7.05 Å². The first-order valence-electron chi connectivity index (χ1n) is 3.53. The molecule has 0 bridgehead atoms. The maximum atomic E-state index is 11.0.